The van der Waals surface area contributed by atoms with Gasteiger partial charge >= 0.3 is 5.97 Å². The molecule has 0 aromatic heterocycles. The third-order valence-electron chi connectivity index (χ3n) is 9.05. The molecule has 0 saturated carbocycles. The lowest BCUT2D eigenvalue weighted by molar-refractivity contribution is -0.134. The highest BCUT2D eigenvalue weighted by Gasteiger charge is 2.39. The van der Waals surface area contributed by atoms with Crippen LogP contribution in [0.15, 0.2) is 17.7 Å². The van der Waals surface area contributed by atoms with Crippen molar-refractivity contribution in [1.82, 2.24) is 9.80 Å². The van der Waals surface area contributed by atoms with Gasteiger partial charge in [0, 0.05) is 32.6 Å². The van der Waals surface area contributed by atoms with Crippen molar-refractivity contribution < 1.29 is 19.0 Å². The number of fused-ring (bicyclic) bond motifs is 2. The molecule has 6 nitrogen and oxygen atoms in total. The average molecular weight is 551 g/mol. The van der Waals surface area contributed by atoms with Crippen LogP contribution < -0.4 is 9.47 Å². The molecule has 4 rings (SSSR count). The van der Waals surface area contributed by atoms with Crippen molar-refractivity contribution >= 4 is 11.5 Å². The van der Waals surface area contributed by atoms with E-state index in [1.54, 1.807) is 0 Å². The van der Waals surface area contributed by atoms with E-state index >= 15 is 0 Å². The SMILES string of the molecule is C#CCN1CCC2=C(C1)c1c(OC(=O)CCCN3CCOCC3)cc(C(C)C(C)CCCCC)cc1OC2(C)C. The Bertz CT molecular complexity index is 1100. The van der Waals surface area contributed by atoms with Crippen molar-refractivity contribution in [2.24, 2.45) is 5.92 Å². The zero-order chi connectivity index (χ0) is 28.7. The van der Waals surface area contributed by atoms with E-state index in [-0.39, 0.29) is 5.97 Å². The van der Waals surface area contributed by atoms with Crippen LogP contribution in [0.2, 0.25) is 0 Å². The highest BCUT2D eigenvalue weighted by atomic mass is 16.5. The summed E-state index contributed by atoms with van der Waals surface area (Å²) in [4.78, 5) is 17.9. The number of rotatable bonds is 12. The minimum atomic E-state index is -0.418. The molecule has 0 aliphatic carbocycles. The van der Waals surface area contributed by atoms with Crippen molar-refractivity contribution in [3.8, 4) is 23.8 Å². The Morgan fingerprint density at radius 1 is 1.12 bits per heavy atom. The first-order valence-electron chi connectivity index (χ1n) is 15.5. The molecule has 6 heteroatoms. The van der Waals surface area contributed by atoms with Gasteiger partial charge in [-0.25, -0.2) is 0 Å². The fourth-order valence-corrected chi connectivity index (χ4v) is 6.39. The number of unbranched alkanes of at least 4 members (excludes halogenated alkanes) is 2. The van der Waals surface area contributed by atoms with Gasteiger partial charge in [-0.15, -0.1) is 6.42 Å². The summed E-state index contributed by atoms with van der Waals surface area (Å²) in [5, 5.41) is 0. The second-order valence-electron chi connectivity index (χ2n) is 12.4. The van der Waals surface area contributed by atoms with E-state index in [0.717, 1.165) is 70.1 Å². The molecule has 40 heavy (non-hydrogen) atoms. The summed E-state index contributed by atoms with van der Waals surface area (Å²) in [5.74, 6) is 4.94. The third-order valence-corrected chi connectivity index (χ3v) is 9.05. The number of benzene rings is 1. The van der Waals surface area contributed by atoms with Crippen LogP contribution in [0.25, 0.3) is 5.57 Å². The van der Waals surface area contributed by atoms with Gasteiger partial charge in [0.2, 0.25) is 0 Å². The summed E-state index contributed by atoms with van der Waals surface area (Å²) in [7, 11) is 0. The summed E-state index contributed by atoms with van der Waals surface area (Å²) >= 11 is 0. The van der Waals surface area contributed by atoms with Crippen molar-refractivity contribution in [3.05, 3.63) is 28.8 Å². The smallest absolute Gasteiger partial charge is 0.311 e. The number of hydrogen-bond acceptors (Lipinski definition) is 6. The fraction of sp³-hybridized carbons (Fsp3) is 0.676. The van der Waals surface area contributed by atoms with Gasteiger partial charge in [0.1, 0.15) is 17.1 Å². The minimum Gasteiger partial charge on any atom is -0.483 e. The predicted octanol–water partition coefficient (Wildman–Crippen LogP) is 6.29. The summed E-state index contributed by atoms with van der Waals surface area (Å²) in [6, 6.07) is 4.32. The summed E-state index contributed by atoms with van der Waals surface area (Å²) in [6.45, 7) is 17.7. The Balaban J connectivity index is 1.62. The number of carbonyl (C=O) groups is 1. The van der Waals surface area contributed by atoms with Crippen molar-refractivity contribution in [2.75, 3.05) is 52.5 Å². The number of morpholine rings is 1. The second-order valence-corrected chi connectivity index (χ2v) is 12.4. The zero-order valence-electron chi connectivity index (χ0n) is 25.5. The highest BCUT2D eigenvalue weighted by molar-refractivity contribution is 5.85. The monoisotopic (exact) mass is 550 g/mol. The van der Waals surface area contributed by atoms with Crippen LogP contribution in [0, 0.1) is 18.3 Å². The molecular weight excluding hydrogens is 500 g/mol. The van der Waals surface area contributed by atoms with E-state index in [1.165, 1.54) is 42.4 Å². The molecule has 3 heterocycles. The van der Waals surface area contributed by atoms with Crippen LogP contribution in [0.1, 0.15) is 96.6 Å². The normalized spacial score (nSPS) is 20.6. The number of nitrogens with zero attached hydrogens (tertiary/aromatic N) is 2. The molecule has 1 fully saturated rings. The Labute approximate surface area is 242 Å². The number of terminal acetylenes is 1. The lowest BCUT2D eigenvalue weighted by atomic mass is 9.79. The molecule has 220 valence electrons. The molecule has 0 bridgehead atoms. The van der Waals surface area contributed by atoms with Crippen LogP contribution in [-0.4, -0.2) is 73.9 Å². The maximum Gasteiger partial charge on any atom is 0.311 e. The van der Waals surface area contributed by atoms with E-state index < -0.39 is 5.60 Å². The molecule has 0 amide bonds. The topological polar surface area (TPSA) is 51.2 Å². The Morgan fingerprint density at radius 3 is 2.62 bits per heavy atom. The van der Waals surface area contributed by atoms with Gasteiger partial charge in [-0.3, -0.25) is 14.6 Å². The molecule has 2 atom stereocenters. The summed E-state index contributed by atoms with van der Waals surface area (Å²) in [5.41, 5.74) is 4.19. The maximum atomic E-state index is 13.2. The molecule has 0 N–H and O–H groups in total. The first-order valence-corrected chi connectivity index (χ1v) is 15.5. The predicted molar refractivity (Wildman–Crippen MR) is 162 cm³/mol. The molecule has 1 aromatic carbocycles. The molecule has 0 spiro atoms. The average Bonchev–Trinajstić information content (AvgIpc) is 2.92. The van der Waals surface area contributed by atoms with Crippen molar-refractivity contribution in [3.63, 3.8) is 0 Å². The highest BCUT2D eigenvalue weighted by Crippen LogP contribution is 2.49. The molecule has 1 saturated heterocycles. The van der Waals surface area contributed by atoms with E-state index in [2.05, 4.69) is 62.5 Å². The van der Waals surface area contributed by atoms with Crippen LogP contribution in [0.5, 0.6) is 11.5 Å². The van der Waals surface area contributed by atoms with Crippen LogP contribution in [0.4, 0.5) is 0 Å². The van der Waals surface area contributed by atoms with Crippen LogP contribution in [0.3, 0.4) is 0 Å². The van der Waals surface area contributed by atoms with Crippen molar-refractivity contribution in [2.45, 2.75) is 91.1 Å². The van der Waals surface area contributed by atoms with Gasteiger partial charge in [0.25, 0.3) is 0 Å². The number of esters is 1. The lowest BCUT2D eigenvalue weighted by Crippen LogP contribution is -2.42. The van der Waals surface area contributed by atoms with E-state index in [4.69, 9.17) is 20.6 Å². The summed E-state index contributed by atoms with van der Waals surface area (Å²) in [6.07, 6.45) is 12.7. The first-order chi connectivity index (χ1) is 19.2. The van der Waals surface area contributed by atoms with Gasteiger partial charge in [0.15, 0.2) is 0 Å². The fourth-order valence-electron chi connectivity index (χ4n) is 6.39. The molecule has 3 aliphatic rings. The van der Waals surface area contributed by atoms with Crippen LogP contribution in [-0.2, 0) is 9.53 Å². The maximum absolute atomic E-state index is 13.2. The summed E-state index contributed by atoms with van der Waals surface area (Å²) < 4.78 is 18.4. The molecule has 1 aromatic rings. The molecule has 2 unspecified atom stereocenters. The number of carbonyl (C=O) groups excluding carboxylic acids is 1. The van der Waals surface area contributed by atoms with Gasteiger partial charge in [-0.05, 0) is 73.9 Å². The van der Waals surface area contributed by atoms with Gasteiger partial charge in [-0.2, -0.15) is 0 Å². The van der Waals surface area contributed by atoms with E-state index in [0.29, 0.717) is 30.6 Å². The minimum absolute atomic E-state index is 0.181. The Hall–Kier alpha value is -2.33. The molecule has 0 radical (unpaired) electrons. The van der Waals surface area contributed by atoms with E-state index in [9.17, 15) is 4.79 Å². The second kappa shape index (κ2) is 14.0. The van der Waals surface area contributed by atoms with Gasteiger partial charge < -0.3 is 14.2 Å². The molecule has 3 aliphatic heterocycles. The quantitative estimate of drug-likeness (QED) is 0.132. The van der Waals surface area contributed by atoms with Crippen molar-refractivity contribution in [1.29, 1.82) is 0 Å². The lowest BCUT2D eigenvalue weighted by Gasteiger charge is -2.42. The molecular formula is C34H50N2O4. The number of ether oxygens (including phenoxy) is 3. The van der Waals surface area contributed by atoms with Gasteiger partial charge in [-0.1, -0.05) is 52.4 Å². The van der Waals surface area contributed by atoms with Gasteiger partial charge in [0.05, 0.1) is 25.3 Å². The Kier molecular flexibility index (Phi) is 10.7. The largest absolute Gasteiger partial charge is 0.483 e. The Morgan fingerprint density at radius 2 is 1.90 bits per heavy atom. The first kappa shape index (κ1) is 30.6. The van der Waals surface area contributed by atoms with Crippen LogP contribution >= 0.6 is 0 Å². The number of hydrogen-bond donors (Lipinski definition) is 0. The third kappa shape index (κ3) is 7.49. The standard InChI is InChI=1S/C34H50N2O4/c1-7-9-10-12-25(3)26(4)27-22-30(39-32(37)13-11-16-35-18-20-38-21-19-35)33-28-24-36(15-8-2)17-14-29(28)34(5,6)40-31(33)23-27/h2,22-23,25-26H,7,9-21,24H2,1,3-6H3. The van der Waals surface area contributed by atoms with E-state index in [1.807, 2.05) is 0 Å². The zero-order valence-corrected chi connectivity index (χ0v) is 25.5.